The van der Waals surface area contributed by atoms with E-state index in [-0.39, 0.29) is 16.6 Å². The van der Waals surface area contributed by atoms with Crippen LogP contribution >= 0.6 is 11.3 Å². The second-order valence-corrected chi connectivity index (χ2v) is 14.9. The molecule has 0 radical (unpaired) electrons. The molecular formula is C32H47N5O6S2. The molecule has 13 heteroatoms. The molecular weight excluding hydrogens is 615 g/mol. The molecule has 0 fully saturated rings. The van der Waals surface area contributed by atoms with Crippen LogP contribution in [0.3, 0.4) is 0 Å². The van der Waals surface area contributed by atoms with Crippen LogP contribution in [0.4, 0.5) is 15.6 Å². The van der Waals surface area contributed by atoms with Gasteiger partial charge in [0, 0.05) is 49.9 Å². The first-order chi connectivity index (χ1) is 21.1. The number of aromatic nitrogens is 1. The second kappa shape index (κ2) is 16.2. The Morgan fingerprint density at radius 3 is 2.29 bits per heavy atom. The number of carbonyl (C=O) groups is 2. The van der Waals surface area contributed by atoms with E-state index in [1.165, 1.54) is 23.5 Å². The van der Waals surface area contributed by atoms with Crippen LogP contribution in [-0.4, -0.2) is 67.6 Å². The van der Waals surface area contributed by atoms with Gasteiger partial charge in [0.1, 0.15) is 16.2 Å². The van der Waals surface area contributed by atoms with Crippen molar-refractivity contribution in [2.75, 3.05) is 30.3 Å². The number of fused-ring (bicyclic) bond motifs is 1. The van der Waals surface area contributed by atoms with Crippen molar-refractivity contribution in [3.8, 4) is 5.75 Å². The summed E-state index contributed by atoms with van der Waals surface area (Å²) in [6.07, 6.45) is 2.03. The summed E-state index contributed by atoms with van der Waals surface area (Å²) < 4.78 is 37.2. The molecule has 3 rings (SSSR count). The van der Waals surface area contributed by atoms with Gasteiger partial charge in [0.05, 0.1) is 10.2 Å². The maximum atomic E-state index is 13.0. The highest BCUT2D eigenvalue weighted by atomic mass is 32.2. The van der Waals surface area contributed by atoms with E-state index in [1.807, 2.05) is 20.8 Å². The van der Waals surface area contributed by atoms with Crippen molar-refractivity contribution in [3.05, 3.63) is 42.5 Å². The Labute approximate surface area is 271 Å². The highest BCUT2D eigenvalue weighted by Crippen LogP contribution is 2.31. The summed E-state index contributed by atoms with van der Waals surface area (Å²) in [5.74, 6) is -0.00278. The van der Waals surface area contributed by atoms with Crippen LogP contribution < -0.4 is 20.1 Å². The summed E-state index contributed by atoms with van der Waals surface area (Å²) in [5, 5.41) is 9.29. The zero-order valence-electron chi connectivity index (χ0n) is 27.3. The van der Waals surface area contributed by atoms with Crippen molar-refractivity contribution in [2.24, 2.45) is 0 Å². The van der Waals surface area contributed by atoms with Crippen molar-refractivity contribution in [1.29, 1.82) is 0 Å². The molecule has 0 aliphatic rings. The zero-order valence-corrected chi connectivity index (χ0v) is 28.9. The molecule has 45 heavy (non-hydrogen) atoms. The minimum Gasteiger partial charge on any atom is -0.444 e. The van der Waals surface area contributed by atoms with Gasteiger partial charge in [-0.25, -0.2) is 9.78 Å². The van der Waals surface area contributed by atoms with Crippen LogP contribution in [0.15, 0.2) is 47.4 Å². The molecule has 11 nitrogen and oxygen atoms in total. The number of ether oxygens (including phenoxy) is 1. The fraction of sp³-hybridized carbons (Fsp3) is 0.531. The Kier molecular flexibility index (Phi) is 13.0. The summed E-state index contributed by atoms with van der Waals surface area (Å²) in [6, 6.07) is 12.2. The third-order valence-corrected chi connectivity index (χ3v) is 8.92. The van der Waals surface area contributed by atoms with Crippen LogP contribution in [0.5, 0.6) is 5.75 Å². The number of benzene rings is 2. The highest BCUT2D eigenvalue weighted by Gasteiger charge is 2.19. The lowest BCUT2D eigenvalue weighted by molar-refractivity contribution is -0.116. The summed E-state index contributed by atoms with van der Waals surface area (Å²) >= 11 is 1.24. The van der Waals surface area contributed by atoms with E-state index in [0.717, 1.165) is 31.6 Å². The minimum atomic E-state index is -4.05. The standard InChI is InChI=1S/C32H47N5O6S2/c1-22(2)37(23(3)4)20-19-33-24-12-15-26(16-13-24)45(40,41)43-25-14-17-27-28(21-25)44-30(35-27)36-29(38)11-9-8-10-18-34-31(39)42-32(5,6)7/h12-17,21-23,33H,8-11,18-20H2,1-7H3,(H,34,39)(H,35,36,38). The van der Waals surface area contributed by atoms with Gasteiger partial charge in [0.25, 0.3) is 0 Å². The second-order valence-electron chi connectivity index (χ2n) is 12.3. The number of anilines is 2. The highest BCUT2D eigenvalue weighted by molar-refractivity contribution is 7.87. The van der Waals surface area contributed by atoms with Gasteiger partial charge in [-0.1, -0.05) is 17.8 Å². The third-order valence-electron chi connectivity index (χ3n) is 6.73. The van der Waals surface area contributed by atoms with Gasteiger partial charge in [0.2, 0.25) is 5.91 Å². The van der Waals surface area contributed by atoms with Crippen molar-refractivity contribution < 1.29 is 26.9 Å². The van der Waals surface area contributed by atoms with Crippen molar-refractivity contribution in [1.82, 2.24) is 15.2 Å². The van der Waals surface area contributed by atoms with Crippen LogP contribution in [-0.2, 0) is 19.6 Å². The maximum absolute atomic E-state index is 13.0. The van der Waals surface area contributed by atoms with E-state index in [4.69, 9.17) is 8.92 Å². The van der Waals surface area contributed by atoms with Gasteiger partial charge in [-0.2, -0.15) is 8.42 Å². The molecule has 0 saturated carbocycles. The molecule has 1 aromatic heterocycles. The Morgan fingerprint density at radius 2 is 1.64 bits per heavy atom. The molecule has 0 atom stereocenters. The van der Waals surface area contributed by atoms with Gasteiger partial charge in [0.15, 0.2) is 5.13 Å². The van der Waals surface area contributed by atoms with Gasteiger partial charge in [-0.05, 0) is 97.7 Å². The average Bonchev–Trinajstić information content (AvgIpc) is 3.33. The molecule has 0 spiro atoms. The number of alkyl carbamates (subject to hydrolysis) is 1. The molecule has 0 bridgehead atoms. The summed E-state index contributed by atoms with van der Waals surface area (Å²) in [6.45, 7) is 16.2. The molecule has 2 amide bonds. The molecule has 2 aromatic carbocycles. The Bertz CT molecular complexity index is 1510. The van der Waals surface area contributed by atoms with Crippen molar-refractivity contribution in [3.63, 3.8) is 0 Å². The number of nitrogens with one attached hydrogen (secondary N) is 3. The molecule has 248 valence electrons. The van der Waals surface area contributed by atoms with Gasteiger partial charge < -0.3 is 24.9 Å². The Morgan fingerprint density at radius 1 is 0.956 bits per heavy atom. The van der Waals surface area contributed by atoms with Gasteiger partial charge >= 0.3 is 16.2 Å². The molecule has 0 saturated heterocycles. The van der Waals surface area contributed by atoms with E-state index < -0.39 is 21.8 Å². The largest absolute Gasteiger partial charge is 0.444 e. The number of amides is 2. The van der Waals surface area contributed by atoms with Crippen LogP contribution in [0.1, 0.15) is 74.1 Å². The topological polar surface area (TPSA) is 139 Å². The van der Waals surface area contributed by atoms with Crippen LogP contribution in [0.25, 0.3) is 10.2 Å². The van der Waals surface area contributed by atoms with E-state index in [9.17, 15) is 18.0 Å². The molecule has 0 aliphatic heterocycles. The summed E-state index contributed by atoms with van der Waals surface area (Å²) in [5.41, 5.74) is 0.915. The maximum Gasteiger partial charge on any atom is 0.407 e. The van der Waals surface area contributed by atoms with Gasteiger partial charge in [-0.15, -0.1) is 0 Å². The third kappa shape index (κ3) is 12.1. The predicted octanol–water partition coefficient (Wildman–Crippen LogP) is 6.62. The summed E-state index contributed by atoms with van der Waals surface area (Å²) in [7, 11) is -4.05. The fourth-order valence-electron chi connectivity index (χ4n) is 4.64. The van der Waals surface area contributed by atoms with Crippen LogP contribution in [0.2, 0.25) is 0 Å². The molecule has 0 unspecified atom stereocenters. The van der Waals surface area contributed by atoms with Crippen LogP contribution in [0, 0.1) is 0 Å². The first-order valence-corrected chi connectivity index (χ1v) is 17.6. The predicted molar refractivity (Wildman–Crippen MR) is 181 cm³/mol. The average molecular weight is 662 g/mol. The fourth-order valence-corrected chi connectivity index (χ4v) is 6.47. The first kappa shape index (κ1) is 36.1. The SMILES string of the molecule is CC(C)N(CCNc1ccc(S(=O)(=O)Oc2ccc3nc(NC(=O)CCCCCNC(=O)OC(C)(C)C)sc3c2)cc1)C(C)C. The monoisotopic (exact) mass is 661 g/mol. The number of hydrogen-bond donors (Lipinski definition) is 3. The number of thiazole rings is 1. The number of carbonyl (C=O) groups excluding carboxylic acids is 2. The normalized spacial score (nSPS) is 12.1. The van der Waals surface area contributed by atoms with Crippen molar-refractivity contribution >= 4 is 54.5 Å². The quantitative estimate of drug-likeness (QED) is 0.114. The zero-order chi connectivity index (χ0) is 33.2. The smallest absolute Gasteiger partial charge is 0.407 e. The van der Waals surface area contributed by atoms with E-state index in [0.29, 0.717) is 46.8 Å². The first-order valence-electron chi connectivity index (χ1n) is 15.3. The Balaban J connectivity index is 1.47. The lowest BCUT2D eigenvalue weighted by Crippen LogP contribution is -2.40. The summed E-state index contributed by atoms with van der Waals surface area (Å²) in [4.78, 5) is 31.0. The molecule has 1 heterocycles. The molecule has 3 aromatic rings. The van der Waals surface area contributed by atoms with E-state index in [1.54, 1.807) is 30.3 Å². The number of rotatable bonds is 16. The van der Waals surface area contributed by atoms with E-state index >= 15 is 0 Å². The molecule has 3 N–H and O–H groups in total. The lowest BCUT2D eigenvalue weighted by Gasteiger charge is -2.30. The van der Waals surface area contributed by atoms with Gasteiger partial charge in [-0.3, -0.25) is 9.69 Å². The van der Waals surface area contributed by atoms with Crippen molar-refractivity contribution in [2.45, 2.75) is 96.7 Å². The number of nitrogens with zero attached hydrogens (tertiary/aromatic N) is 2. The minimum absolute atomic E-state index is 0.0528. The number of hydrogen-bond acceptors (Lipinski definition) is 10. The molecule has 0 aliphatic carbocycles. The number of unbranched alkanes of at least 4 members (excludes halogenated alkanes) is 2. The van der Waals surface area contributed by atoms with E-state index in [2.05, 4.69) is 53.5 Å². The Hall–Kier alpha value is -3.42. The lowest BCUT2D eigenvalue weighted by atomic mass is 10.2.